The summed E-state index contributed by atoms with van der Waals surface area (Å²) in [5.74, 6) is -1.66. The molecule has 0 bridgehead atoms. The van der Waals surface area contributed by atoms with E-state index >= 15 is 0 Å². The quantitative estimate of drug-likeness (QED) is 0.423. The molecule has 1 aliphatic heterocycles. The number of aliphatic imine (C=N–C) groups is 1. The molecule has 0 saturated carbocycles. The standard InChI is InChI=1S/C24H17F6N3O2/c1-13-5-6-31-11-16(13)14-3-2-4-15(7-14)18-10-22(34)33-19-8-17(24(28,29)30)21(9-20(19)32-18)35-12-23(25,26)27/h2-9,11H,10,12H2,1H3,(H,33,34). The van der Waals surface area contributed by atoms with Crippen LogP contribution in [-0.4, -0.2) is 29.4 Å². The minimum absolute atomic E-state index is 0.154. The molecular formula is C24H17F6N3O2. The van der Waals surface area contributed by atoms with E-state index in [1.807, 2.05) is 19.1 Å². The van der Waals surface area contributed by atoms with Crippen LogP contribution in [0.4, 0.5) is 37.7 Å². The van der Waals surface area contributed by atoms with Gasteiger partial charge in [-0.1, -0.05) is 18.2 Å². The number of fused-ring (bicyclic) bond motifs is 1. The van der Waals surface area contributed by atoms with E-state index in [1.165, 1.54) is 0 Å². The normalized spacial score (nSPS) is 14.0. The number of carbonyl (C=O) groups excluding carboxylic acids is 1. The molecule has 0 atom stereocenters. The maximum absolute atomic E-state index is 13.5. The van der Waals surface area contributed by atoms with Crippen LogP contribution in [0.25, 0.3) is 11.1 Å². The number of hydrogen-bond donors (Lipinski definition) is 1. The van der Waals surface area contributed by atoms with Gasteiger partial charge < -0.3 is 10.1 Å². The van der Waals surface area contributed by atoms with Crippen molar-refractivity contribution in [1.29, 1.82) is 0 Å². The molecule has 0 fully saturated rings. The Kier molecular flexibility index (Phi) is 6.27. The van der Waals surface area contributed by atoms with Gasteiger partial charge in [0.15, 0.2) is 6.61 Å². The summed E-state index contributed by atoms with van der Waals surface area (Å²) in [6, 6.07) is 10.1. The molecule has 0 aliphatic carbocycles. The van der Waals surface area contributed by atoms with Crippen LogP contribution in [0.15, 0.2) is 59.9 Å². The summed E-state index contributed by atoms with van der Waals surface area (Å²) in [6.07, 6.45) is -6.80. The first-order chi connectivity index (χ1) is 16.4. The Bertz CT molecular complexity index is 1320. The number of rotatable bonds is 4. The molecule has 0 radical (unpaired) electrons. The van der Waals surface area contributed by atoms with Gasteiger partial charge in [-0.15, -0.1) is 0 Å². The number of aromatic nitrogens is 1. The number of nitrogens with zero attached hydrogens (tertiary/aromatic N) is 2. The van der Waals surface area contributed by atoms with Crippen molar-refractivity contribution in [3.8, 4) is 16.9 Å². The molecule has 3 aromatic rings. The van der Waals surface area contributed by atoms with Gasteiger partial charge in [-0.2, -0.15) is 26.3 Å². The van der Waals surface area contributed by atoms with E-state index < -0.39 is 36.2 Å². The lowest BCUT2D eigenvalue weighted by molar-refractivity contribution is -0.158. The molecule has 1 aliphatic rings. The molecule has 182 valence electrons. The summed E-state index contributed by atoms with van der Waals surface area (Å²) in [5, 5.41) is 2.35. The van der Waals surface area contributed by atoms with E-state index in [0.717, 1.165) is 22.8 Å². The summed E-state index contributed by atoms with van der Waals surface area (Å²) in [4.78, 5) is 20.9. The Morgan fingerprint density at radius 3 is 2.46 bits per heavy atom. The third-order valence-electron chi connectivity index (χ3n) is 5.20. The Balaban J connectivity index is 1.80. The van der Waals surface area contributed by atoms with Gasteiger partial charge >= 0.3 is 12.4 Å². The number of amides is 1. The molecule has 0 spiro atoms. The second kappa shape index (κ2) is 9.05. The first-order valence-electron chi connectivity index (χ1n) is 10.2. The molecular weight excluding hydrogens is 476 g/mol. The van der Waals surface area contributed by atoms with Crippen molar-refractivity contribution in [3.05, 3.63) is 71.5 Å². The Morgan fingerprint density at radius 2 is 1.77 bits per heavy atom. The lowest BCUT2D eigenvalue weighted by atomic mass is 9.98. The van der Waals surface area contributed by atoms with Crippen LogP contribution in [-0.2, 0) is 11.0 Å². The van der Waals surface area contributed by atoms with E-state index in [-0.39, 0.29) is 23.5 Å². The minimum Gasteiger partial charge on any atom is -0.483 e. The molecule has 4 rings (SSSR count). The number of carbonyl (C=O) groups is 1. The van der Waals surface area contributed by atoms with Crippen LogP contribution >= 0.6 is 0 Å². The monoisotopic (exact) mass is 493 g/mol. The van der Waals surface area contributed by atoms with Crippen LogP contribution in [0.2, 0.25) is 0 Å². The van der Waals surface area contributed by atoms with Crippen molar-refractivity contribution in [2.75, 3.05) is 11.9 Å². The van der Waals surface area contributed by atoms with Crippen LogP contribution in [0.1, 0.15) is 23.1 Å². The van der Waals surface area contributed by atoms with Crippen molar-refractivity contribution >= 4 is 23.0 Å². The van der Waals surface area contributed by atoms with Gasteiger partial charge in [-0.3, -0.25) is 9.78 Å². The average molecular weight is 493 g/mol. The Hall–Kier alpha value is -3.89. The summed E-state index contributed by atoms with van der Waals surface area (Å²) < 4.78 is 82.8. The van der Waals surface area contributed by atoms with Gasteiger partial charge in [0.25, 0.3) is 0 Å². The van der Waals surface area contributed by atoms with Gasteiger partial charge in [-0.05, 0) is 41.8 Å². The van der Waals surface area contributed by atoms with Crippen molar-refractivity contribution in [2.24, 2.45) is 4.99 Å². The van der Waals surface area contributed by atoms with Crippen LogP contribution in [0.3, 0.4) is 0 Å². The number of anilines is 1. The fourth-order valence-corrected chi connectivity index (χ4v) is 3.59. The fraction of sp³-hybridized carbons (Fsp3) is 0.208. The highest BCUT2D eigenvalue weighted by atomic mass is 19.4. The number of hydrogen-bond acceptors (Lipinski definition) is 4. The molecule has 0 saturated heterocycles. The summed E-state index contributed by atoms with van der Waals surface area (Å²) in [7, 11) is 0. The zero-order valence-corrected chi connectivity index (χ0v) is 18.1. The van der Waals surface area contributed by atoms with E-state index in [9.17, 15) is 31.1 Å². The maximum Gasteiger partial charge on any atom is 0.422 e. The second-order valence-corrected chi connectivity index (χ2v) is 7.82. The highest BCUT2D eigenvalue weighted by molar-refractivity contribution is 6.17. The summed E-state index contributed by atoms with van der Waals surface area (Å²) in [5.41, 5.74) is 1.43. The molecule has 11 heteroatoms. The number of nitrogens with one attached hydrogen (secondary N) is 1. The third kappa shape index (κ3) is 5.61. The molecule has 2 aromatic carbocycles. The molecule has 2 heterocycles. The highest BCUT2D eigenvalue weighted by Gasteiger charge is 2.38. The topological polar surface area (TPSA) is 63.6 Å². The molecule has 1 N–H and O–H groups in total. The SMILES string of the molecule is Cc1ccncc1-c1cccc(C2=Nc3cc(OCC(F)(F)F)c(C(F)(F)F)cc3NC(=O)C2)c1. The van der Waals surface area contributed by atoms with Crippen molar-refractivity contribution in [2.45, 2.75) is 25.7 Å². The second-order valence-electron chi connectivity index (χ2n) is 7.82. The zero-order chi connectivity index (χ0) is 25.4. The first kappa shape index (κ1) is 24.2. The maximum atomic E-state index is 13.5. The molecule has 0 unspecified atom stereocenters. The first-order valence-corrected chi connectivity index (χ1v) is 10.2. The van der Waals surface area contributed by atoms with Gasteiger partial charge in [-0.25, -0.2) is 4.99 Å². The largest absolute Gasteiger partial charge is 0.483 e. The smallest absolute Gasteiger partial charge is 0.422 e. The van der Waals surface area contributed by atoms with Crippen LogP contribution in [0.5, 0.6) is 5.75 Å². The molecule has 1 amide bonds. The lowest BCUT2D eigenvalue weighted by Crippen LogP contribution is -2.21. The molecule has 1 aromatic heterocycles. The van der Waals surface area contributed by atoms with Gasteiger partial charge in [0.2, 0.25) is 5.91 Å². The van der Waals surface area contributed by atoms with Crippen LogP contribution < -0.4 is 10.1 Å². The highest BCUT2D eigenvalue weighted by Crippen LogP contribution is 2.43. The van der Waals surface area contributed by atoms with Crippen molar-refractivity contribution in [3.63, 3.8) is 0 Å². The van der Waals surface area contributed by atoms with Crippen molar-refractivity contribution in [1.82, 2.24) is 4.98 Å². The van der Waals surface area contributed by atoms with Gasteiger partial charge in [0.05, 0.1) is 29.1 Å². The van der Waals surface area contributed by atoms with E-state index in [4.69, 9.17) is 0 Å². The summed E-state index contributed by atoms with van der Waals surface area (Å²) >= 11 is 0. The lowest BCUT2D eigenvalue weighted by Gasteiger charge is -2.17. The average Bonchev–Trinajstić information content (AvgIpc) is 2.94. The van der Waals surface area contributed by atoms with E-state index in [0.29, 0.717) is 11.6 Å². The minimum atomic E-state index is -5.02. The number of alkyl halides is 6. The van der Waals surface area contributed by atoms with Crippen molar-refractivity contribution < 1.29 is 35.9 Å². The van der Waals surface area contributed by atoms with E-state index in [1.54, 1.807) is 30.6 Å². The third-order valence-corrected chi connectivity index (χ3v) is 5.20. The number of pyridine rings is 1. The number of aryl methyl sites for hydroxylation is 1. The summed E-state index contributed by atoms with van der Waals surface area (Å²) in [6.45, 7) is -0.0123. The van der Waals surface area contributed by atoms with Gasteiger partial charge in [0, 0.05) is 24.0 Å². The number of halogens is 6. The van der Waals surface area contributed by atoms with E-state index in [2.05, 4.69) is 20.0 Å². The number of ether oxygens (including phenoxy) is 1. The fourth-order valence-electron chi connectivity index (χ4n) is 3.59. The Labute approximate surface area is 195 Å². The zero-order valence-electron chi connectivity index (χ0n) is 18.1. The molecule has 35 heavy (non-hydrogen) atoms. The van der Waals surface area contributed by atoms with Crippen LogP contribution in [0, 0.1) is 6.92 Å². The Morgan fingerprint density at radius 1 is 1.03 bits per heavy atom. The predicted molar refractivity (Wildman–Crippen MR) is 117 cm³/mol. The van der Waals surface area contributed by atoms with Gasteiger partial charge in [0.1, 0.15) is 5.75 Å². The molecule has 5 nitrogen and oxygen atoms in total. The number of benzene rings is 2. The predicted octanol–water partition coefficient (Wildman–Crippen LogP) is 6.48.